The van der Waals surface area contributed by atoms with Crippen LogP contribution in [-0.2, 0) is 4.79 Å². The number of hydrogen-bond donors (Lipinski definition) is 2. The minimum absolute atomic E-state index is 0.559. The van der Waals surface area contributed by atoms with Gasteiger partial charge in [-0.25, -0.2) is 0 Å². The largest absolute Gasteiger partial charge is 0.493 e. The van der Waals surface area contributed by atoms with Crippen LogP contribution in [0.2, 0.25) is 0 Å². The zero-order valence-electron chi connectivity index (χ0n) is 15.0. The Hall–Kier alpha value is -1.55. The molecule has 1 unspecified atom stereocenters. The van der Waals surface area contributed by atoms with Crippen LogP contribution < -0.4 is 4.74 Å². The highest BCUT2D eigenvalue weighted by atomic mass is 16.5. The van der Waals surface area contributed by atoms with Gasteiger partial charge in [0.05, 0.1) is 12.2 Å². The first kappa shape index (κ1) is 18.2. The van der Waals surface area contributed by atoms with Gasteiger partial charge in [0.25, 0.3) is 0 Å². The van der Waals surface area contributed by atoms with Gasteiger partial charge in [-0.2, -0.15) is 0 Å². The van der Waals surface area contributed by atoms with Crippen LogP contribution in [0.1, 0.15) is 75.7 Å². The molecular weight excluding hydrogens is 316 g/mol. The molecule has 0 bridgehead atoms. The third-order valence-electron chi connectivity index (χ3n) is 5.93. The van der Waals surface area contributed by atoms with Crippen molar-refractivity contribution in [2.75, 3.05) is 6.61 Å². The van der Waals surface area contributed by atoms with Gasteiger partial charge in [0.2, 0.25) is 0 Å². The second-order valence-electron chi connectivity index (χ2n) is 7.82. The van der Waals surface area contributed by atoms with Crippen molar-refractivity contribution < 1.29 is 19.7 Å². The van der Waals surface area contributed by atoms with E-state index in [4.69, 9.17) is 4.74 Å². The Morgan fingerprint density at radius 1 is 1.04 bits per heavy atom. The molecule has 0 heterocycles. The Bertz CT molecular complexity index is 554. The number of carboxylic acids is 1. The maximum Gasteiger partial charge on any atom is 0.313 e. The van der Waals surface area contributed by atoms with Crippen molar-refractivity contribution in [3.63, 3.8) is 0 Å². The van der Waals surface area contributed by atoms with Crippen LogP contribution in [0, 0.1) is 5.92 Å². The van der Waals surface area contributed by atoms with Gasteiger partial charge in [-0.3, -0.25) is 4.79 Å². The van der Waals surface area contributed by atoms with E-state index >= 15 is 0 Å². The molecule has 4 heteroatoms. The van der Waals surface area contributed by atoms with Crippen molar-refractivity contribution in [3.05, 3.63) is 29.8 Å². The first-order valence-electron chi connectivity index (χ1n) is 9.76. The third kappa shape index (κ3) is 4.55. The van der Waals surface area contributed by atoms with Gasteiger partial charge < -0.3 is 14.9 Å². The number of hydrogen-bond acceptors (Lipinski definition) is 3. The summed E-state index contributed by atoms with van der Waals surface area (Å²) in [6.07, 6.45) is 10.4. The lowest BCUT2D eigenvalue weighted by Gasteiger charge is -2.37. The monoisotopic (exact) mass is 346 g/mol. The smallest absolute Gasteiger partial charge is 0.313 e. The van der Waals surface area contributed by atoms with E-state index < -0.39 is 17.5 Å². The SMILES string of the molecule is O=C(O)C(c1ccc(OCC2CCCCC2)cc1)C1(O)CCCCC1. The van der Waals surface area contributed by atoms with E-state index in [1.165, 1.54) is 32.1 Å². The van der Waals surface area contributed by atoms with Crippen molar-refractivity contribution in [1.29, 1.82) is 0 Å². The molecule has 4 nitrogen and oxygen atoms in total. The first-order chi connectivity index (χ1) is 12.1. The molecule has 0 saturated heterocycles. The van der Waals surface area contributed by atoms with Crippen LogP contribution in [0.15, 0.2) is 24.3 Å². The number of aliphatic hydroxyl groups is 1. The summed E-state index contributed by atoms with van der Waals surface area (Å²) in [6, 6.07) is 7.31. The molecule has 0 aliphatic heterocycles. The highest BCUT2D eigenvalue weighted by Gasteiger charge is 2.43. The lowest BCUT2D eigenvalue weighted by molar-refractivity contribution is -0.147. The van der Waals surface area contributed by atoms with Crippen molar-refractivity contribution in [3.8, 4) is 5.75 Å². The zero-order chi connectivity index (χ0) is 17.7. The Labute approximate surface area is 150 Å². The molecule has 0 radical (unpaired) electrons. The summed E-state index contributed by atoms with van der Waals surface area (Å²) < 4.78 is 5.90. The lowest BCUT2D eigenvalue weighted by Crippen LogP contribution is -2.42. The van der Waals surface area contributed by atoms with Crippen molar-refractivity contribution in [2.45, 2.75) is 75.7 Å². The predicted octanol–water partition coefficient (Wildman–Crippen LogP) is 4.51. The highest BCUT2D eigenvalue weighted by Crippen LogP contribution is 2.40. The Kier molecular flexibility index (Phi) is 6.00. The minimum Gasteiger partial charge on any atom is -0.493 e. The van der Waals surface area contributed by atoms with Gasteiger partial charge in [0, 0.05) is 0 Å². The lowest BCUT2D eigenvalue weighted by atomic mass is 9.73. The van der Waals surface area contributed by atoms with Gasteiger partial charge in [0.15, 0.2) is 0 Å². The number of ether oxygens (including phenoxy) is 1. The summed E-state index contributed by atoms with van der Waals surface area (Å²) in [5.41, 5.74) is -0.462. The van der Waals surface area contributed by atoms with Crippen LogP contribution in [0.5, 0.6) is 5.75 Å². The molecule has 138 valence electrons. The third-order valence-corrected chi connectivity index (χ3v) is 5.93. The summed E-state index contributed by atoms with van der Waals surface area (Å²) in [5, 5.41) is 20.6. The predicted molar refractivity (Wildman–Crippen MR) is 96.9 cm³/mol. The van der Waals surface area contributed by atoms with Gasteiger partial charge in [-0.15, -0.1) is 0 Å². The fourth-order valence-electron chi connectivity index (χ4n) is 4.46. The van der Waals surface area contributed by atoms with E-state index in [1.807, 2.05) is 24.3 Å². The Balaban J connectivity index is 1.65. The normalized spacial score (nSPS) is 22.3. The number of carbonyl (C=O) groups is 1. The van der Waals surface area contributed by atoms with E-state index in [1.54, 1.807) is 0 Å². The number of rotatable bonds is 6. The molecular formula is C21H30O4. The van der Waals surface area contributed by atoms with Crippen LogP contribution in [0.4, 0.5) is 0 Å². The molecule has 2 aliphatic rings. The molecule has 2 saturated carbocycles. The molecule has 1 aromatic rings. The highest BCUT2D eigenvalue weighted by molar-refractivity contribution is 5.78. The number of benzene rings is 1. The average Bonchev–Trinajstić information content (AvgIpc) is 2.62. The second kappa shape index (κ2) is 8.22. The fourth-order valence-corrected chi connectivity index (χ4v) is 4.46. The molecule has 2 aliphatic carbocycles. The molecule has 0 amide bonds. The summed E-state index contributed by atoms with van der Waals surface area (Å²) in [7, 11) is 0. The molecule has 1 aromatic carbocycles. The quantitative estimate of drug-likeness (QED) is 0.795. The van der Waals surface area contributed by atoms with Crippen LogP contribution in [0.25, 0.3) is 0 Å². The van der Waals surface area contributed by atoms with Crippen molar-refractivity contribution in [2.24, 2.45) is 5.92 Å². The summed E-state index contributed by atoms with van der Waals surface area (Å²) in [4.78, 5) is 11.8. The van der Waals surface area contributed by atoms with Crippen molar-refractivity contribution >= 4 is 5.97 Å². The van der Waals surface area contributed by atoms with E-state index in [0.717, 1.165) is 31.6 Å². The zero-order valence-corrected chi connectivity index (χ0v) is 15.0. The average molecular weight is 346 g/mol. The maximum atomic E-state index is 11.8. The van der Waals surface area contributed by atoms with Gasteiger partial charge in [-0.05, 0) is 49.3 Å². The van der Waals surface area contributed by atoms with Gasteiger partial charge in [-0.1, -0.05) is 50.7 Å². The maximum absolute atomic E-state index is 11.8. The fraction of sp³-hybridized carbons (Fsp3) is 0.667. The van der Waals surface area contributed by atoms with Gasteiger partial charge >= 0.3 is 5.97 Å². The van der Waals surface area contributed by atoms with Gasteiger partial charge in [0.1, 0.15) is 11.7 Å². The summed E-state index contributed by atoms with van der Waals surface area (Å²) >= 11 is 0. The molecule has 2 fully saturated rings. The number of aliphatic carboxylic acids is 1. The minimum atomic E-state index is -1.13. The molecule has 0 spiro atoms. The first-order valence-corrected chi connectivity index (χ1v) is 9.76. The topological polar surface area (TPSA) is 66.8 Å². The van der Waals surface area contributed by atoms with Crippen LogP contribution >= 0.6 is 0 Å². The Morgan fingerprint density at radius 2 is 1.64 bits per heavy atom. The van der Waals surface area contributed by atoms with Crippen LogP contribution in [-0.4, -0.2) is 28.4 Å². The van der Waals surface area contributed by atoms with E-state index in [-0.39, 0.29) is 0 Å². The molecule has 0 aromatic heterocycles. The van der Waals surface area contributed by atoms with E-state index in [0.29, 0.717) is 24.3 Å². The van der Waals surface area contributed by atoms with E-state index in [9.17, 15) is 15.0 Å². The number of carboxylic acid groups (broad SMARTS) is 1. The summed E-state index contributed by atoms with van der Waals surface area (Å²) in [5.74, 6) is -0.377. The molecule has 2 N–H and O–H groups in total. The summed E-state index contributed by atoms with van der Waals surface area (Å²) in [6.45, 7) is 0.742. The molecule has 1 atom stereocenters. The Morgan fingerprint density at radius 3 is 2.24 bits per heavy atom. The van der Waals surface area contributed by atoms with Crippen molar-refractivity contribution in [1.82, 2.24) is 0 Å². The standard InChI is InChI=1S/C21H30O4/c22-20(23)19(21(24)13-5-2-6-14-21)17-9-11-18(12-10-17)25-15-16-7-3-1-4-8-16/h9-12,16,19,24H,1-8,13-15H2,(H,22,23). The van der Waals surface area contributed by atoms with Crippen LogP contribution in [0.3, 0.4) is 0 Å². The second-order valence-corrected chi connectivity index (χ2v) is 7.82. The molecule has 3 rings (SSSR count). The molecule has 25 heavy (non-hydrogen) atoms. The van der Waals surface area contributed by atoms with E-state index in [2.05, 4.69) is 0 Å².